The van der Waals surface area contributed by atoms with Crippen LogP contribution in [-0.4, -0.2) is 33.4 Å². The molecule has 1 rings (SSSR count). The quantitative estimate of drug-likeness (QED) is 0.533. The summed E-state index contributed by atoms with van der Waals surface area (Å²) in [7, 11) is 0. The summed E-state index contributed by atoms with van der Waals surface area (Å²) in [5, 5.41) is 26.7. The first-order valence-electron chi connectivity index (χ1n) is 4.14. The van der Waals surface area contributed by atoms with Crippen LogP contribution in [0.5, 0.6) is 0 Å². The second-order valence-corrected chi connectivity index (χ2v) is 3.42. The fourth-order valence-electron chi connectivity index (χ4n) is 1.61. The Morgan fingerprint density at radius 3 is 1.77 bits per heavy atom. The SMILES string of the molecule is O=C(O)C1(C(=O)O)CCC(O)CC1. The van der Waals surface area contributed by atoms with E-state index in [-0.39, 0.29) is 25.7 Å². The number of rotatable bonds is 2. The molecule has 0 saturated heterocycles. The smallest absolute Gasteiger partial charge is 0.321 e. The molecule has 1 aliphatic carbocycles. The predicted molar refractivity (Wildman–Crippen MR) is 42.2 cm³/mol. The molecule has 0 aromatic carbocycles. The van der Waals surface area contributed by atoms with Crippen molar-refractivity contribution >= 4 is 11.9 Å². The third-order valence-electron chi connectivity index (χ3n) is 2.63. The molecule has 0 aromatic rings. The third kappa shape index (κ3) is 1.65. The molecule has 0 spiro atoms. The van der Waals surface area contributed by atoms with E-state index in [2.05, 4.69) is 0 Å². The van der Waals surface area contributed by atoms with Gasteiger partial charge in [-0.05, 0) is 25.7 Å². The molecule has 0 bridgehead atoms. The van der Waals surface area contributed by atoms with Crippen LogP contribution in [0.4, 0.5) is 0 Å². The van der Waals surface area contributed by atoms with Crippen molar-refractivity contribution in [1.29, 1.82) is 0 Å². The van der Waals surface area contributed by atoms with Crippen molar-refractivity contribution in [3.63, 3.8) is 0 Å². The largest absolute Gasteiger partial charge is 0.480 e. The topological polar surface area (TPSA) is 94.8 Å². The molecular formula is C8H12O5. The Bertz CT molecular complexity index is 211. The van der Waals surface area contributed by atoms with Crippen LogP contribution in [0.3, 0.4) is 0 Å². The van der Waals surface area contributed by atoms with Gasteiger partial charge in [-0.3, -0.25) is 9.59 Å². The van der Waals surface area contributed by atoms with E-state index in [1.165, 1.54) is 0 Å². The highest BCUT2D eigenvalue weighted by molar-refractivity contribution is 5.98. The van der Waals surface area contributed by atoms with Crippen molar-refractivity contribution in [2.24, 2.45) is 5.41 Å². The summed E-state index contributed by atoms with van der Waals surface area (Å²) in [6.07, 6.45) is -0.0266. The number of aliphatic carboxylic acids is 2. The molecule has 1 fully saturated rings. The number of carboxylic acids is 2. The Labute approximate surface area is 75.0 Å². The molecule has 0 radical (unpaired) electrons. The molecule has 0 aliphatic heterocycles. The lowest BCUT2D eigenvalue weighted by Crippen LogP contribution is -2.43. The highest BCUT2D eigenvalue weighted by Gasteiger charge is 2.48. The van der Waals surface area contributed by atoms with E-state index in [4.69, 9.17) is 15.3 Å². The van der Waals surface area contributed by atoms with E-state index < -0.39 is 23.5 Å². The molecule has 0 aromatic heterocycles. The standard InChI is InChI=1S/C8H12O5/c9-5-1-3-8(4-2-5,6(10)11)7(12)13/h5,9H,1-4H2,(H,10,11)(H,12,13). The summed E-state index contributed by atoms with van der Waals surface area (Å²) >= 11 is 0. The van der Waals surface area contributed by atoms with Gasteiger partial charge in [0.15, 0.2) is 5.41 Å². The van der Waals surface area contributed by atoms with Gasteiger partial charge in [0, 0.05) is 0 Å². The number of hydrogen-bond acceptors (Lipinski definition) is 3. The highest BCUT2D eigenvalue weighted by atomic mass is 16.4. The fourth-order valence-corrected chi connectivity index (χ4v) is 1.61. The van der Waals surface area contributed by atoms with Gasteiger partial charge in [-0.1, -0.05) is 0 Å². The van der Waals surface area contributed by atoms with Crippen molar-refractivity contribution in [1.82, 2.24) is 0 Å². The molecule has 1 saturated carbocycles. The normalized spacial score (nSPS) is 22.5. The lowest BCUT2D eigenvalue weighted by molar-refractivity contribution is -0.168. The minimum atomic E-state index is -1.67. The fraction of sp³-hybridized carbons (Fsp3) is 0.750. The molecule has 0 heterocycles. The maximum atomic E-state index is 10.8. The van der Waals surface area contributed by atoms with Crippen molar-refractivity contribution in [3.8, 4) is 0 Å². The van der Waals surface area contributed by atoms with Crippen LogP contribution >= 0.6 is 0 Å². The summed E-state index contributed by atoms with van der Waals surface area (Å²) in [6, 6.07) is 0. The molecule has 0 unspecified atom stereocenters. The number of carboxylic acid groups (broad SMARTS) is 2. The zero-order chi connectivity index (χ0) is 10.1. The average Bonchev–Trinajstić information content (AvgIpc) is 2.04. The number of carbonyl (C=O) groups is 2. The van der Waals surface area contributed by atoms with Crippen molar-refractivity contribution < 1.29 is 24.9 Å². The molecular weight excluding hydrogens is 176 g/mol. The van der Waals surface area contributed by atoms with Gasteiger partial charge in [0.2, 0.25) is 0 Å². The molecule has 74 valence electrons. The van der Waals surface area contributed by atoms with Gasteiger partial charge in [0.1, 0.15) is 0 Å². The van der Waals surface area contributed by atoms with Crippen LogP contribution in [0, 0.1) is 5.41 Å². The van der Waals surface area contributed by atoms with E-state index in [0.717, 1.165) is 0 Å². The number of aliphatic hydroxyl groups is 1. The first-order chi connectivity index (χ1) is 5.99. The summed E-state index contributed by atoms with van der Waals surface area (Å²) in [6.45, 7) is 0. The molecule has 13 heavy (non-hydrogen) atoms. The van der Waals surface area contributed by atoms with E-state index in [0.29, 0.717) is 0 Å². The summed E-state index contributed by atoms with van der Waals surface area (Å²) in [5.41, 5.74) is -1.67. The van der Waals surface area contributed by atoms with Crippen molar-refractivity contribution in [2.75, 3.05) is 0 Å². The second kappa shape index (κ2) is 3.33. The average molecular weight is 188 g/mol. The zero-order valence-corrected chi connectivity index (χ0v) is 7.06. The Morgan fingerprint density at radius 2 is 1.46 bits per heavy atom. The third-order valence-corrected chi connectivity index (χ3v) is 2.63. The minimum Gasteiger partial charge on any atom is -0.480 e. The molecule has 0 atom stereocenters. The summed E-state index contributed by atoms with van der Waals surface area (Å²) in [5.74, 6) is -2.60. The number of hydrogen-bond donors (Lipinski definition) is 3. The van der Waals surface area contributed by atoms with Crippen molar-refractivity contribution in [3.05, 3.63) is 0 Å². The predicted octanol–water partition coefficient (Wildman–Crippen LogP) is 0.0769. The number of aliphatic hydroxyl groups excluding tert-OH is 1. The van der Waals surface area contributed by atoms with Gasteiger partial charge in [0.05, 0.1) is 6.10 Å². The van der Waals surface area contributed by atoms with Crippen LogP contribution in [0.15, 0.2) is 0 Å². The first kappa shape index (κ1) is 9.98. The molecule has 5 nitrogen and oxygen atoms in total. The summed E-state index contributed by atoms with van der Waals surface area (Å²) < 4.78 is 0. The maximum Gasteiger partial charge on any atom is 0.321 e. The van der Waals surface area contributed by atoms with Gasteiger partial charge in [-0.25, -0.2) is 0 Å². The van der Waals surface area contributed by atoms with Gasteiger partial charge >= 0.3 is 11.9 Å². The van der Waals surface area contributed by atoms with E-state index >= 15 is 0 Å². The maximum absolute atomic E-state index is 10.8. The Hall–Kier alpha value is -1.10. The van der Waals surface area contributed by atoms with Crippen LogP contribution < -0.4 is 0 Å². The van der Waals surface area contributed by atoms with Gasteiger partial charge in [-0.2, -0.15) is 0 Å². The monoisotopic (exact) mass is 188 g/mol. The lowest BCUT2D eigenvalue weighted by atomic mass is 9.73. The Morgan fingerprint density at radius 1 is 1.08 bits per heavy atom. The van der Waals surface area contributed by atoms with Gasteiger partial charge < -0.3 is 15.3 Å². The van der Waals surface area contributed by atoms with Gasteiger partial charge in [-0.15, -0.1) is 0 Å². The molecule has 5 heteroatoms. The summed E-state index contributed by atoms with van der Waals surface area (Å²) in [4.78, 5) is 21.5. The van der Waals surface area contributed by atoms with Crippen molar-refractivity contribution in [2.45, 2.75) is 31.8 Å². The van der Waals surface area contributed by atoms with Crippen LogP contribution in [0.1, 0.15) is 25.7 Å². The highest BCUT2D eigenvalue weighted by Crippen LogP contribution is 2.36. The van der Waals surface area contributed by atoms with Crippen LogP contribution in [-0.2, 0) is 9.59 Å². The van der Waals surface area contributed by atoms with E-state index in [1.807, 2.05) is 0 Å². The Balaban J connectivity index is 2.82. The van der Waals surface area contributed by atoms with Crippen LogP contribution in [0.25, 0.3) is 0 Å². The zero-order valence-electron chi connectivity index (χ0n) is 7.06. The van der Waals surface area contributed by atoms with Crippen LogP contribution in [0.2, 0.25) is 0 Å². The van der Waals surface area contributed by atoms with E-state index in [9.17, 15) is 9.59 Å². The second-order valence-electron chi connectivity index (χ2n) is 3.42. The van der Waals surface area contributed by atoms with E-state index in [1.54, 1.807) is 0 Å². The molecule has 3 N–H and O–H groups in total. The minimum absolute atomic E-state index is 0.0127. The lowest BCUT2D eigenvalue weighted by Gasteiger charge is -2.31. The molecule has 0 amide bonds. The molecule has 1 aliphatic rings. The van der Waals surface area contributed by atoms with Gasteiger partial charge in [0.25, 0.3) is 0 Å². The Kier molecular flexibility index (Phi) is 2.56. The first-order valence-corrected chi connectivity index (χ1v) is 4.14.